The molecule has 0 aliphatic rings. The zero-order chi connectivity index (χ0) is 18.8. The number of fused-ring (bicyclic) bond motifs is 1. The lowest BCUT2D eigenvalue weighted by Gasteiger charge is -2.14. The van der Waals surface area contributed by atoms with Crippen molar-refractivity contribution in [3.05, 3.63) is 55.1 Å². The number of hydrogen-bond donors (Lipinski definition) is 1. The number of aromatic nitrogens is 4. The van der Waals surface area contributed by atoms with E-state index in [2.05, 4.69) is 9.97 Å². The molecule has 7 nitrogen and oxygen atoms in total. The summed E-state index contributed by atoms with van der Waals surface area (Å²) in [5.74, 6) is 2.04. The Morgan fingerprint density at radius 3 is 2.74 bits per heavy atom. The van der Waals surface area contributed by atoms with E-state index in [1.165, 1.54) is 0 Å². The van der Waals surface area contributed by atoms with Gasteiger partial charge in [-0.1, -0.05) is 6.07 Å². The molecule has 27 heavy (non-hydrogen) atoms. The van der Waals surface area contributed by atoms with E-state index in [4.69, 9.17) is 9.47 Å². The molecule has 0 radical (unpaired) electrons. The Balaban J connectivity index is 1.82. The van der Waals surface area contributed by atoms with Crippen molar-refractivity contribution in [2.24, 2.45) is 0 Å². The van der Waals surface area contributed by atoms with Crippen molar-refractivity contribution in [3.63, 3.8) is 0 Å². The summed E-state index contributed by atoms with van der Waals surface area (Å²) in [4.78, 5) is 8.98. The van der Waals surface area contributed by atoms with Crippen LogP contribution < -0.4 is 9.47 Å². The van der Waals surface area contributed by atoms with E-state index in [1.54, 1.807) is 26.7 Å². The lowest BCUT2D eigenvalue weighted by molar-refractivity contribution is 0.278. The lowest BCUT2D eigenvalue weighted by atomic mass is 10.1. The van der Waals surface area contributed by atoms with E-state index in [9.17, 15) is 5.11 Å². The van der Waals surface area contributed by atoms with Gasteiger partial charge in [-0.05, 0) is 30.3 Å². The Morgan fingerprint density at radius 2 is 1.96 bits per heavy atom. The van der Waals surface area contributed by atoms with E-state index >= 15 is 0 Å². The van der Waals surface area contributed by atoms with Crippen LogP contribution in [-0.2, 0) is 6.54 Å². The standard InChI is InChI=1S/C20H20N4O3/c1-26-18-5-3-4-15(19(18)27-2)20-21-8-9-24(20)14-6-7-17-16(12-14)22-13-23(17)10-11-25/h3-9,12-13,25H,10-11H2,1-2H3. The minimum absolute atomic E-state index is 0.0779. The fourth-order valence-electron chi connectivity index (χ4n) is 3.26. The van der Waals surface area contributed by atoms with Gasteiger partial charge in [-0.2, -0.15) is 0 Å². The SMILES string of the molecule is COc1cccc(-c2nccn2-c2ccc3c(c2)ncn3CCO)c1OC. The molecule has 0 unspecified atom stereocenters. The van der Waals surface area contributed by atoms with Gasteiger partial charge >= 0.3 is 0 Å². The quantitative estimate of drug-likeness (QED) is 0.569. The van der Waals surface area contributed by atoms with Crippen LogP contribution in [0, 0.1) is 0 Å². The molecule has 0 atom stereocenters. The topological polar surface area (TPSA) is 74.3 Å². The molecule has 2 heterocycles. The van der Waals surface area contributed by atoms with Crippen LogP contribution in [0.5, 0.6) is 11.5 Å². The van der Waals surface area contributed by atoms with Crippen molar-refractivity contribution in [2.75, 3.05) is 20.8 Å². The van der Waals surface area contributed by atoms with Gasteiger partial charge in [0, 0.05) is 24.6 Å². The summed E-state index contributed by atoms with van der Waals surface area (Å²) in [5, 5.41) is 9.17. The van der Waals surface area contributed by atoms with Gasteiger partial charge in [-0.25, -0.2) is 9.97 Å². The molecule has 138 valence electrons. The van der Waals surface area contributed by atoms with Crippen LogP contribution in [0.2, 0.25) is 0 Å². The highest BCUT2D eigenvalue weighted by atomic mass is 16.5. The first-order valence-electron chi connectivity index (χ1n) is 8.57. The largest absolute Gasteiger partial charge is 0.493 e. The van der Waals surface area contributed by atoms with Gasteiger partial charge in [0.1, 0.15) is 5.82 Å². The molecule has 0 amide bonds. The minimum Gasteiger partial charge on any atom is -0.493 e. The first-order valence-corrected chi connectivity index (χ1v) is 8.57. The smallest absolute Gasteiger partial charge is 0.171 e. The van der Waals surface area contributed by atoms with Crippen molar-refractivity contribution in [1.82, 2.24) is 19.1 Å². The zero-order valence-electron chi connectivity index (χ0n) is 15.2. The molecule has 0 aliphatic carbocycles. The summed E-state index contributed by atoms with van der Waals surface area (Å²) < 4.78 is 14.9. The molecule has 1 N–H and O–H groups in total. The summed E-state index contributed by atoms with van der Waals surface area (Å²) in [6.45, 7) is 0.599. The number of aliphatic hydroxyl groups excluding tert-OH is 1. The zero-order valence-corrected chi connectivity index (χ0v) is 15.2. The number of para-hydroxylation sites is 1. The molecule has 2 aromatic heterocycles. The molecule has 0 saturated carbocycles. The number of aliphatic hydroxyl groups is 1. The Hall–Kier alpha value is -3.32. The van der Waals surface area contributed by atoms with Gasteiger partial charge in [0.15, 0.2) is 11.5 Å². The van der Waals surface area contributed by atoms with Crippen molar-refractivity contribution in [3.8, 4) is 28.6 Å². The average Bonchev–Trinajstić information content (AvgIpc) is 3.34. The highest BCUT2D eigenvalue weighted by molar-refractivity contribution is 5.79. The molecular formula is C20H20N4O3. The van der Waals surface area contributed by atoms with Gasteiger partial charge < -0.3 is 19.1 Å². The lowest BCUT2D eigenvalue weighted by Crippen LogP contribution is -2.01. The Kier molecular flexibility index (Phi) is 4.52. The van der Waals surface area contributed by atoms with Crippen LogP contribution >= 0.6 is 0 Å². The molecule has 0 fully saturated rings. The maximum atomic E-state index is 9.17. The molecule has 2 aromatic carbocycles. The van der Waals surface area contributed by atoms with Gasteiger partial charge in [0.25, 0.3) is 0 Å². The molecule has 4 aromatic rings. The Labute approximate surface area is 156 Å². The van der Waals surface area contributed by atoms with Crippen LogP contribution in [0.4, 0.5) is 0 Å². The minimum atomic E-state index is 0.0779. The van der Waals surface area contributed by atoms with Crippen LogP contribution in [-0.4, -0.2) is 45.0 Å². The highest BCUT2D eigenvalue weighted by Gasteiger charge is 2.17. The van der Waals surface area contributed by atoms with Crippen LogP contribution in [0.25, 0.3) is 28.1 Å². The predicted octanol–water partition coefficient (Wildman–Crippen LogP) is 2.90. The van der Waals surface area contributed by atoms with Crippen LogP contribution in [0.1, 0.15) is 0 Å². The number of benzene rings is 2. The second-order valence-electron chi connectivity index (χ2n) is 6.00. The van der Waals surface area contributed by atoms with E-state index < -0.39 is 0 Å². The van der Waals surface area contributed by atoms with Crippen molar-refractivity contribution < 1.29 is 14.6 Å². The number of ether oxygens (including phenoxy) is 2. The number of hydrogen-bond acceptors (Lipinski definition) is 5. The summed E-state index contributed by atoms with van der Waals surface area (Å²) in [7, 11) is 3.24. The van der Waals surface area contributed by atoms with E-state index in [0.29, 0.717) is 18.0 Å². The average molecular weight is 364 g/mol. The van der Waals surface area contributed by atoms with Crippen molar-refractivity contribution in [1.29, 1.82) is 0 Å². The summed E-state index contributed by atoms with van der Waals surface area (Å²) >= 11 is 0. The Morgan fingerprint density at radius 1 is 1.07 bits per heavy atom. The molecular weight excluding hydrogens is 344 g/mol. The third-order valence-electron chi connectivity index (χ3n) is 4.51. The third kappa shape index (κ3) is 2.92. The van der Waals surface area contributed by atoms with Crippen molar-refractivity contribution >= 4 is 11.0 Å². The second-order valence-corrected chi connectivity index (χ2v) is 6.00. The fourth-order valence-corrected chi connectivity index (χ4v) is 3.26. The second kappa shape index (κ2) is 7.13. The monoisotopic (exact) mass is 364 g/mol. The number of imidazole rings is 2. The molecule has 0 saturated heterocycles. The first kappa shape index (κ1) is 17.1. The van der Waals surface area contributed by atoms with Crippen LogP contribution in [0.3, 0.4) is 0 Å². The first-order chi connectivity index (χ1) is 13.3. The van der Waals surface area contributed by atoms with Crippen LogP contribution in [0.15, 0.2) is 55.1 Å². The molecule has 0 bridgehead atoms. The highest BCUT2D eigenvalue weighted by Crippen LogP contribution is 2.37. The maximum absolute atomic E-state index is 9.17. The van der Waals surface area contributed by atoms with Gasteiger partial charge in [0.2, 0.25) is 0 Å². The fraction of sp³-hybridized carbons (Fsp3) is 0.200. The van der Waals surface area contributed by atoms with E-state index in [1.807, 2.05) is 51.7 Å². The number of methoxy groups -OCH3 is 2. The number of nitrogens with zero attached hydrogens (tertiary/aromatic N) is 4. The van der Waals surface area contributed by atoms with E-state index in [-0.39, 0.29) is 6.61 Å². The van der Waals surface area contributed by atoms with Gasteiger partial charge in [0.05, 0.1) is 43.8 Å². The summed E-state index contributed by atoms with van der Waals surface area (Å²) in [6, 6.07) is 11.7. The summed E-state index contributed by atoms with van der Waals surface area (Å²) in [5.41, 5.74) is 3.62. The molecule has 0 aliphatic heterocycles. The van der Waals surface area contributed by atoms with Crippen molar-refractivity contribution in [2.45, 2.75) is 6.54 Å². The normalized spacial score (nSPS) is 11.1. The summed E-state index contributed by atoms with van der Waals surface area (Å²) in [6.07, 6.45) is 5.40. The Bertz CT molecular complexity index is 1080. The molecule has 0 spiro atoms. The molecule has 4 rings (SSSR count). The van der Waals surface area contributed by atoms with E-state index in [0.717, 1.165) is 28.1 Å². The third-order valence-corrected chi connectivity index (χ3v) is 4.51. The predicted molar refractivity (Wildman–Crippen MR) is 102 cm³/mol. The van der Waals surface area contributed by atoms with Gasteiger partial charge in [-0.3, -0.25) is 4.57 Å². The maximum Gasteiger partial charge on any atom is 0.171 e. The van der Waals surface area contributed by atoms with Gasteiger partial charge in [-0.15, -0.1) is 0 Å². The number of rotatable bonds is 6. The molecule has 7 heteroatoms.